The Morgan fingerprint density at radius 2 is 1.63 bits per heavy atom. The predicted octanol–water partition coefficient (Wildman–Crippen LogP) is 4.81. The fourth-order valence-electron chi connectivity index (χ4n) is 3.05. The van der Waals surface area contributed by atoms with Crippen LogP contribution in [0.4, 0.5) is 0 Å². The molecule has 0 bridgehead atoms. The fourth-order valence-corrected chi connectivity index (χ4v) is 3.23. The van der Waals surface area contributed by atoms with Crippen LogP contribution in [0.25, 0.3) is 11.4 Å². The molecular formula is C22H26N4O3S. The molecule has 2 aromatic carbocycles. The van der Waals surface area contributed by atoms with Gasteiger partial charge in [0.15, 0.2) is 17.3 Å². The first-order valence-corrected chi connectivity index (χ1v) is 9.82. The summed E-state index contributed by atoms with van der Waals surface area (Å²) in [6.45, 7) is 6.54. The van der Waals surface area contributed by atoms with Crippen LogP contribution in [0.5, 0.6) is 17.2 Å². The molecule has 0 radical (unpaired) electrons. The number of nitrogens with zero attached hydrogens (tertiary/aromatic N) is 3. The third-order valence-corrected chi connectivity index (χ3v) is 4.97. The molecule has 1 N–H and O–H groups in total. The summed E-state index contributed by atoms with van der Waals surface area (Å²) in [5.74, 6) is 2.21. The van der Waals surface area contributed by atoms with E-state index in [0.717, 1.165) is 5.56 Å². The summed E-state index contributed by atoms with van der Waals surface area (Å²) in [7, 11) is 4.71. The van der Waals surface area contributed by atoms with Gasteiger partial charge in [-0.3, -0.25) is 0 Å². The Morgan fingerprint density at radius 1 is 0.967 bits per heavy atom. The Balaban J connectivity index is 2.01. The molecule has 8 heteroatoms. The zero-order chi connectivity index (χ0) is 21.9. The summed E-state index contributed by atoms with van der Waals surface area (Å²) < 4.78 is 18.2. The van der Waals surface area contributed by atoms with Gasteiger partial charge in [0.25, 0.3) is 0 Å². The molecule has 0 aliphatic heterocycles. The van der Waals surface area contributed by atoms with E-state index in [0.29, 0.717) is 33.4 Å². The van der Waals surface area contributed by atoms with E-state index in [-0.39, 0.29) is 5.41 Å². The number of H-pyrrole nitrogens is 1. The second kappa shape index (κ2) is 8.71. The van der Waals surface area contributed by atoms with Gasteiger partial charge >= 0.3 is 0 Å². The molecule has 30 heavy (non-hydrogen) atoms. The minimum absolute atomic E-state index is 0.0748. The number of hydrogen-bond acceptors (Lipinski definition) is 6. The van der Waals surface area contributed by atoms with Crippen molar-refractivity contribution in [3.63, 3.8) is 0 Å². The van der Waals surface area contributed by atoms with Crippen molar-refractivity contribution in [2.45, 2.75) is 26.2 Å². The summed E-state index contributed by atoms with van der Waals surface area (Å²) in [5, 5.41) is 11.7. The Hall–Kier alpha value is -3.13. The van der Waals surface area contributed by atoms with Gasteiger partial charge in [-0.15, -0.1) is 0 Å². The average molecular weight is 427 g/mol. The Morgan fingerprint density at radius 3 is 2.20 bits per heavy atom. The molecule has 0 aliphatic carbocycles. The molecule has 0 saturated carbocycles. The molecule has 0 spiro atoms. The first-order valence-electron chi connectivity index (χ1n) is 9.41. The van der Waals surface area contributed by atoms with E-state index in [1.165, 1.54) is 5.56 Å². The molecule has 158 valence electrons. The zero-order valence-electron chi connectivity index (χ0n) is 18.0. The van der Waals surface area contributed by atoms with Gasteiger partial charge in [-0.1, -0.05) is 45.0 Å². The van der Waals surface area contributed by atoms with E-state index in [9.17, 15) is 0 Å². The van der Waals surface area contributed by atoms with E-state index < -0.39 is 0 Å². The van der Waals surface area contributed by atoms with Crippen LogP contribution in [0.3, 0.4) is 0 Å². The normalized spacial score (nSPS) is 11.7. The lowest BCUT2D eigenvalue weighted by Crippen LogP contribution is -2.10. The van der Waals surface area contributed by atoms with E-state index >= 15 is 0 Å². The first kappa shape index (κ1) is 21.6. The number of hydrogen-bond donors (Lipinski definition) is 1. The number of methoxy groups -OCH3 is 3. The van der Waals surface area contributed by atoms with Gasteiger partial charge in [0.05, 0.1) is 27.5 Å². The summed E-state index contributed by atoms with van der Waals surface area (Å²) in [4.78, 5) is 0. The van der Waals surface area contributed by atoms with Crippen LogP contribution in [0, 0.1) is 4.77 Å². The molecule has 0 fully saturated rings. The van der Waals surface area contributed by atoms with Gasteiger partial charge < -0.3 is 14.2 Å². The quantitative estimate of drug-likeness (QED) is 0.452. The number of benzene rings is 2. The number of aromatic nitrogens is 3. The van der Waals surface area contributed by atoms with Gasteiger partial charge in [0.2, 0.25) is 10.5 Å². The maximum absolute atomic E-state index is 5.51. The highest BCUT2D eigenvalue weighted by atomic mass is 32.1. The van der Waals surface area contributed by atoms with Gasteiger partial charge in [0, 0.05) is 11.1 Å². The lowest BCUT2D eigenvalue weighted by Gasteiger charge is -2.18. The summed E-state index contributed by atoms with van der Waals surface area (Å²) >= 11 is 5.38. The van der Waals surface area contributed by atoms with Crippen LogP contribution < -0.4 is 14.2 Å². The smallest absolute Gasteiger partial charge is 0.216 e. The summed E-state index contributed by atoms with van der Waals surface area (Å²) in [6.07, 6.45) is 1.65. The van der Waals surface area contributed by atoms with E-state index in [1.54, 1.807) is 38.3 Å². The van der Waals surface area contributed by atoms with Crippen molar-refractivity contribution >= 4 is 18.4 Å². The molecule has 0 saturated heterocycles. The van der Waals surface area contributed by atoms with Crippen LogP contribution in [-0.4, -0.2) is 42.4 Å². The number of rotatable bonds is 6. The average Bonchev–Trinajstić information content (AvgIpc) is 3.11. The van der Waals surface area contributed by atoms with Crippen molar-refractivity contribution in [2.24, 2.45) is 5.10 Å². The van der Waals surface area contributed by atoms with Crippen molar-refractivity contribution in [1.29, 1.82) is 0 Å². The van der Waals surface area contributed by atoms with Crippen LogP contribution in [0.1, 0.15) is 31.9 Å². The van der Waals surface area contributed by atoms with Crippen LogP contribution in [-0.2, 0) is 5.41 Å². The van der Waals surface area contributed by atoms with Crippen LogP contribution >= 0.6 is 12.2 Å². The van der Waals surface area contributed by atoms with Crippen molar-refractivity contribution < 1.29 is 14.2 Å². The Kier molecular flexibility index (Phi) is 6.26. The number of ether oxygens (including phenoxy) is 3. The first-order chi connectivity index (χ1) is 14.3. The SMILES string of the molecule is COc1ccc(/C=N/n2c(-c3ccc(C(C)(C)C)cc3)n[nH]c2=S)c(OC)c1OC. The maximum atomic E-state index is 5.51. The monoisotopic (exact) mass is 426 g/mol. The molecule has 7 nitrogen and oxygen atoms in total. The predicted molar refractivity (Wildman–Crippen MR) is 121 cm³/mol. The maximum Gasteiger partial charge on any atom is 0.216 e. The minimum Gasteiger partial charge on any atom is -0.493 e. The van der Waals surface area contributed by atoms with Crippen molar-refractivity contribution in [3.8, 4) is 28.6 Å². The molecule has 0 aliphatic rings. The Labute approximate surface area is 181 Å². The van der Waals surface area contributed by atoms with E-state index in [1.807, 2.05) is 18.2 Å². The minimum atomic E-state index is 0.0748. The molecule has 0 atom stereocenters. The van der Waals surface area contributed by atoms with E-state index in [2.05, 4.69) is 48.2 Å². The van der Waals surface area contributed by atoms with Crippen molar-refractivity contribution in [1.82, 2.24) is 14.9 Å². The van der Waals surface area contributed by atoms with Crippen LogP contribution in [0.15, 0.2) is 41.5 Å². The fraction of sp³-hybridized carbons (Fsp3) is 0.318. The van der Waals surface area contributed by atoms with Gasteiger partial charge in [-0.2, -0.15) is 14.9 Å². The molecule has 0 amide bonds. The van der Waals surface area contributed by atoms with Crippen molar-refractivity contribution in [2.75, 3.05) is 21.3 Å². The molecule has 0 unspecified atom stereocenters. The number of aromatic amines is 1. The summed E-state index contributed by atoms with van der Waals surface area (Å²) in [6, 6.07) is 11.9. The second-order valence-corrected chi connectivity index (χ2v) is 8.05. The van der Waals surface area contributed by atoms with Crippen LogP contribution in [0.2, 0.25) is 0 Å². The molecular weight excluding hydrogens is 400 g/mol. The lowest BCUT2D eigenvalue weighted by molar-refractivity contribution is 0.324. The van der Waals surface area contributed by atoms with Gasteiger partial charge in [0.1, 0.15) is 0 Å². The molecule has 1 heterocycles. The molecule has 1 aromatic heterocycles. The highest BCUT2D eigenvalue weighted by molar-refractivity contribution is 7.71. The summed E-state index contributed by atoms with van der Waals surface area (Å²) in [5.41, 5.74) is 2.94. The Bertz CT molecular complexity index is 1110. The largest absolute Gasteiger partial charge is 0.493 e. The van der Waals surface area contributed by atoms with Crippen molar-refractivity contribution in [3.05, 3.63) is 52.3 Å². The number of nitrogens with one attached hydrogen (secondary N) is 1. The zero-order valence-corrected chi connectivity index (χ0v) is 18.8. The third kappa shape index (κ3) is 4.23. The van der Waals surface area contributed by atoms with Gasteiger partial charge in [-0.25, -0.2) is 5.10 Å². The lowest BCUT2D eigenvalue weighted by atomic mass is 9.87. The topological polar surface area (TPSA) is 73.7 Å². The van der Waals surface area contributed by atoms with Gasteiger partial charge in [-0.05, 0) is 35.3 Å². The standard InChI is InChI=1S/C22H26N4O3S/c1-22(2,3)16-10-7-14(8-11-16)20-24-25-21(30)26(20)23-13-15-9-12-17(27-4)19(29-6)18(15)28-5/h7-13H,1-6H3,(H,25,30)/b23-13+. The van der Waals surface area contributed by atoms with E-state index in [4.69, 9.17) is 26.4 Å². The highest BCUT2D eigenvalue weighted by Gasteiger charge is 2.16. The molecule has 3 aromatic rings. The third-order valence-electron chi connectivity index (χ3n) is 4.71. The highest BCUT2D eigenvalue weighted by Crippen LogP contribution is 2.39. The second-order valence-electron chi connectivity index (χ2n) is 7.66. The molecule has 3 rings (SSSR count).